The van der Waals surface area contributed by atoms with Gasteiger partial charge in [0.2, 0.25) is 0 Å². The molecule has 5 N–H and O–H groups in total. The first-order valence-corrected chi connectivity index (χ1v) is 11.8. The molecule has 0 saturated heterocycles. The first-order chi connectivity index (χ1) is 17.3. The van der Waals surface area contributed by atoms with Gasteiger partial charge in [0, 0.05) is 22.0 Å². The summed E-state index contributed by atoms with van der Waals surface area (Å²) in [5, 5.41) is 14.4. The molecule has 4 rings (SSSR count). The van der Waals surface area contributed by atoms with E-state index in [0.717, 1.165) is 22.6 Å². The number of nitrogen functional groups attached to an aromatic ring is 1. The second kappa shape index (κ2) is 11.1. The zero-order valence-corrected chi connectivity index (χ0v) is 21.3. The van der Waals surface area contributed by atoms with Gasteiger partial charge in [0.15, 0.2) is 5.11 Å². The van der Waals surface area contributed by atoms with Crippen molar-refractivity contribution >= 4 is 57.7 Å². The minimum Gasteiger partial charge on any atom is -0.497 e. The third kappa shape index (κ3) is 6.12. The number of hydrogen-bond acceptors (Lipinski definition) is 5. The van der Waals surface area contributed by atoms with Gasteiger partial charge < -0.3 is 26.4 Å². The van der Waals surface area contributed by atoms with E-state index >= 15 is 0 Å². The van der Waals surface area contributed by atoms with E-state index in [4.69, 9.17) is 34.3 Å². The third-order valence-electron chi connectivity index (χ3n) is 5.46. The molecule has 1 amide bonds. The molecule has 4 aromatic rings. The Morgan fingerprint density at radius 1 is 1.03 bits per heavy atom. The highest BCUT2D eigenvalue weighted by atomic mass is 35.5. The monoisotopic (exact) mass is 520 g/mol. The molecule has 8 nitrogen and oxygen atoms in total. The Hall–Kier alpha value is -4.08. The van der Waals surface area contributed by atoms with Crippen LogP contribution >= 0.6 is 23.8 Å². The molecule has 184 valence electrons. The molecule has 0 radical (unpaired) electrons. The SMILES string of the molecule is COc1ccc(Cn2ncc(NC(=O)c3cc(NC(=S)Nc4ccc(Cl)cc4)ccc3C)c2N)cc1. The molecule has 1 heterocycles. The number of carbonyl (C=O) groups excluding carboxylic acids is 1. The summed E-state index contributed by atoms with van der Waals surface area (Å²) in [6, 6.07) is 20.2. The van der Waals surface area contributed by atoms with Gasteiger partial charge in [-0.25, -0.2) is 4.68 Å². The molecule has 0 unspecified atom stereocenters. The van der Waals surface area contributed by atoms with E-state index in [0.29, 0.717) is 39.4 Å². The van der Waals surface area contributed by atoms with Crippen LogP contribution in [0.5, 0.6) is 5.75 Å². The first kappa shape index (κ1) is 25.0. The standard InChI is InChI=1S/C26H25ClN6O2S/c1-16-3-8-20(31-26(36)30-19-9-6-18(27)7-10-19)13-22(16)25(34)32-23-14-29-33(24(23)28)15-17-4-11-21(35-2)12-5-17/h3-14H,15,28H2,1-2H3,(H,32,34)(H2,30,31,36). The summed E-state index contributed by atoms with van der Waals surface area (Å²) in [6.45, 7) is 2.32. The highest BCUT2D eigenvalue weighted by molar-refractivity contribution is 7.80. The minimum atomic E-state index is -0.302. The van der Waals surface area contributed by atoms with E-state index in [2.05, 4.69) is 21.0 Å². The molecule has 0 aliphatic carbocycles. The van der Waals surface area contributed by atoms with Crippen LogP contribution in [0.2, 0.25) is 5.02 Å². The van der Waals surface area contributed by atoms with E-state index in [9.17, 15) is 4.79 Å². The Balaban J connectivity index is 1.42. The smallest absolute Gasteiger partial charge is 0.256 e. The number of aryl methyl sites for hydroxylation is 1. The number of ether oxygens (including phenoxy) is 1. The average molecular weight is 521 g/mol. The number of nitrogens with two attached hydrogens (primary N) is 1. The molecular weight excluding hydrogens is 496 g/mol. The number of anilines is 4. The summed E-state index contributed by atoms with van der Waals surface area (Å²) >= 11 is 11.3. The number of amides is 1. The van der Waals surface area contributed by atoms with Crippen LogP contribution in [0.4, 0.5) is 22.9 Å². The fourth-order valence-corrected chi connectivity index (χ4v) is 3.84. The Morgan fingerprint density at radius 2 is 1.69 bits per heavy atom. The van der Waals surface area contributed by atoms with Crippen molar-refractivity contribution in [3.8, 4) is 5.75 Å². The first-order valence-electron chi connectivity index (χ1n) is 11.0. The van der Waals surface area contributed by atoms with Crippen LogP contribution in [0.1, 0.15) is 21.5 Å². The van der Waals surface area contributed by atoms with Crippen molar-refractivity contribution in [2.75, 3.05) is 28.8 Å². The van der Waals surface area contributed by atoms with Gasteiger partial charge in [-0.15, -0.1) is 0 Å². The summed E-state index contributed by atoms with van der Waals surface area (Å²) in [5.74, 6) is 0.830. The van der Waals surface area contributed by atoms with Gasteiger partial charge in [0.05, 0.1) is 19.9 Å². The fourth-order valence-electron chi connectivity index (χ4n) is 3.48. The summed E-state index contributed by atoms with van der Waals surface area (Å²) < 4.78 is 6.82. The van der Waals surface area contributed by atoms with Crippen LogP contribution in [0, 0.1) is 6.92 Å². The number of halogens is 1. The minimum absolute atomic E-state index is 0.302. The van der Waals surface area contributed by atoms with Gasteiger partial charge in [0.1, 0.15) is 17.3 Å². The quantitative estimate of drug-likeness (QED) is 0.237. The van der Waals surface area contributed by atoms with E-state index in [1.54, 1.807) is 36.2 Å². The summed E-state index contributed by atoms with van der Waals surface area (Å²) in [6.07, 6.45) is 1.54. The van der Waals surface area contributed by atoms with E-state index in [1.807, 2.05) is 55.5 Å². The molecule has 1 aromatic heterocycles. The lowest BCUT2D eigenvalue weighted by Gasteiger charge is -2.13. The van der Waals surface area contributed by atoms with Crippen molar-refractivity contribution in [2.45, 2.75) is 13.5 Å². The van der Waals surface area contributed by atoms with Crippen LogP contribution in [0.25, 0.3) is 0 Å². The Bertz CT molecular complexity index is 1390. The molecule has 0 bridgehead atoms. The predicted molar refractivity (Wildman–Crippen MR) is 149 cm³/mol. The Morgan fingerprint density at radius 3 is 2.39 bits per heavy atom. The number of rotatable bonds is 7. The molecule has 0 fully saturated rings. The van der Waals surface area contributed by atoms with E-state index in [-0.39, 0.29) is 5.91 Å². The van der Waals surface area contributed by atoms with Gasteiger partial charge in [-0.1, -0.05) is 29.8 Å². The Kier molecular flexibility index (Phi) is 7.72. The number of benzene rings is 3. The number of methoxy groups -OCH3 is 1. The van der Waals surface area contributed by atoms with Crippen LogP contribution < -0.4 is 26.4 Å². The van der Waals surface area contributed by atoms with Crippen LogP contribution in [0.3, 0.4) is 0 Å². The van der Waals surface area contributed by atoms with Crippen molar-refractivity contribution in [1.29, 1.82) is 0 Å². The molecular formula is C26H25ClN6O2S. The van der Waals surface area contributed by atoms with Crippen LogP contribution in [-0.4, -0.2) is 27.9 Å². The van der Waals surface area contributed by atoms with Crippen LogP contribution in [0.15, 0.2) is 72.9 Å². The van der Waals surface area contributed by atoms with Crippen molar-refractivity contribution in [2.24, 2.45) is 0 Å². The number of hydrogen-bond donors (Lipinski definition) is 4. The number of carbonyl (C=O) groups is 1. The largest absolute Gasteiger partial charge is 0.497 e. The maximum atomic E-state index is 13.1. The Labute approximate surface area is 219 Å². The fraction of sp³-hybridized carbons (Fsp3) is 0.115. The van der Waals surface area contributed by atoms with Crippen molar-refractivity contribution in [1.82, 2.24) is 9.78 Å². The highest BCUT2D eigenvalue weighted by Crippen LogP contribution is 2.23. The second-order valence-electron chi connectivity index (χ2n) is 8.02. The van der Waals surface area contributed by atoms with Crippen molar-refractivity contribution in [3.05, 3.63) is 94.6 Å². The van der Waals surface area contributed by atoms with Crippen LogP contribution in [-0.2, 0) is 6.54 Å². The lowest BCUT2D eigenvalue weighted by molar-refractivity contribution is 0.102. The number of thiocarbonyl (C=S) groups is 1. The zero-order valence-electron chi connectivity index (χ0n) is 19.7. The van der Waals surface area contributed by atoms with Gasteiger partial charge in [0.25, 0.3) is 5.91 Å². The maximum Gasteiger partial charge on any atom is 0.256 e. The molecule has 3 aromatic carbocycles. The van der Waals surface area contributed by atoms with Crippen molar-refractivity contribution < 1.29 is 9.53 Å². The summed E-state index contributed by atoms with van der Waals surface area (Å²) in [5.41, 5.74) is 10.5. The van der Waals surface area contributed by atoms with E-state index in [1.165, 1.54) is 0 Å². The molecule has 10 heteroatoms. The molecule has 0 spiro atoms. The summed E-state index contributed by atoms with van der Waals surface area (Å²) in [7, 11) is 1.62. The van der Waals surface area contributed by atoms with Gasteiger partial charge in [-0.2, -0.15) is 5.10 Å². The number of nitrogens with one attached hydrogen (secondary N) is 3. The van der Waals surface area contributed by atoms with Gasteiger partial charge in [-0.3, -0.25) is 4.79 Å². The maximum absolute atomic E-state index is 13.1. The third-order valence-corrected chi connectivity index (χ3v) is 5.92. The molecule has 36 heavy (non-hydrogen) atoms. The lowest BCUT2D eigenvalue weighted by atomic mass is 10.1. The number of aromatic nitrogens is 2. The molecule has 0 atom stereocenters. The van der Waals surface area contributed by atoms with Gasteiger partial charge >= 0.3 is 0 Å². The second-order valence-corrected chi connectivity index (χ2v) is 8.86. The normalized spacial score (nSPS) is 10.5. The molecule has 0 aliphatic rings. The van der Waals surface area contributed by atoms with E-state index < -0.39 is 0 Å². The van der Waals surface area contributed by atoms with Gasteiger partial charge in [-0.05, 0) is 78.8 Å². The lowest BCUT2D eigenvalue weighted by Crippen LogP contribution is -2.20. The molecule has 0 aliphatic heterocycles. The zero-order chi connectivity index (χ0) is 25.7. The molecule has 0 saturated carbocycles. The number of nitrogens with zero attached hydrogens (tertiary/aromatic N) is 2. The average Bonchev–Trinajstić information content (AvgIpc) is 3.20. The topological polar surface area (TPSA) is 106 Å². The predicted octanol–water partition coefficient (Wildman–Crippen LogP) is 5.55. The summed E-state index contributed by atoms with van der Waals surface area (Å²) in [4.78, 5) is 13.1. The van der Waals surface area contributed by atoms with Crippen molar-refractivity contribution in [3.63, 3.8) is 0 Å². The highest BCUT2D eigenvalue weighted by Gasteiger charge is 2.15.